The summed E-state index contributed by atoms with van der Waals surface area (Å²) in [6, 6.07) is 1.91. The number of piperazine rings is 1. The maximum Gasteiger partial charge on any atom is 0.319 e. The Labute approximate surface area is 196 Å². The number of carbonyl (C=O) groups excluding carboxylic acids is 2. The van der Waals surface area contributed by atoms with E-state index in [-0.39, 0.29) is 10.6 Å². The molecule has 1 aromatic carbocycles. The standard InChI is InChI=1S/C21H30F2N6O3S/c1-14-10-16(22)15(17(23)11-14)13-32-21(19(24)30)12-18(33-27-21)26-20(31)25-4-3-5-29-8-6-28(2)7-9-29/h10-12,27H,3-9,13H2,1-2H3,(H2,24,30)(H2,25,26,31). The largest absolute Gasteiger partial charge is 0.366 e. The first-order valence-electron chi connectivity index (χ1n) is 10.7. The molecule has 2 aliphatic heterocycles. The smallest absolute Gasteiger partial charge is 0.319 e. The lowest BCUT2D eigenvalue weighted by Crippen LogP contribution is -2.51. The van der Waals surface area contributed by atoms with Gasteiger partial charge >= 0.3 is 6.03 Å². The molecular formula is C21H30F2N6O3S. The van der Waals surface area contributed by atoms with Gasteiger partial charge in [0, 0.05) is 44.4 Å². The Bertz CT molecular complexity index is 887. The Morgan fingerprint density at radius 1 is 1.24 bits per heavy atom. The number of nitrogens with one attached hydrogen (secondary N) is 3. The van der Waals surface area contributed by atoms with Crippen LogP contribution in [0.4, 0.5) is 13.6 Å². The molecule has 1 fully saturated rings. The van der Waals surface area contributed by atoms with Crippen molar-refractivity contribution in [2.24, 2.45) is 5.73 Å². The van der Waals surface area contributed by atoms with E-state index in [0.717, 1.165) is 51.1 Å². The Hall–Kier alpha value is -2.25. The average molecular weight is 485 g/mol. The van der Waals surface area contributed by atoms with Gasteiger partial charge in [0.15, 0.2) is 0 Å². The van der Waals surface area contributed by atoms with E-state index >= 15 is 0 Å². The first-order valence-corrected chi connectivity index (χ1v) is 11.5. The molecule has 0 aliphatic carbocycles. The van der Waals surface area contributed by atoms with Gasteiger partial charge in [-0.05, 0) is 56.6 Å². The normalized spacial score (nSPS) is 21.6. The van der Waals surface area contributed by atoms with Gasteiger partial charge < -0.3 is 30.9 Å². The van der Waals surface area contributed by atoms with Gasteiger partial charge in [-0.15, -0.1) is 0 Å². The number of ether oxygens (including phenoxy) is 1. The number of benzene rings is 1. The third-order valence-corrected chi connectivity index (χ3v) is 6.36. The van der Waals surface area contributed by atoms with Crippen LogP contribution in [0.25, 0.3) is 0 Å². The van der Waals surface area contributed by atoms with Gasteiger partial charge in [0.2, 0.25) is 5.72 Å². The van der Waals surface area contributed by atoms with Crippen LogP contribution < -0.4 is 21.1 Å². The topological polar surface area (TPSA) is 112 Å². The minimum atomic E-state index is -1.82. The molecule has 0 radical (unpaired) electrons. The summed E-state index contributed by atoms with van der Waals surface area (Å²) in [6.07, 6.45) is 2.09. The van der Waals surface area contributed by atoms with Gasteiger partial charge in [-0.25, -0.2) is 18.3 Å². The maximum absolute atomic E-state index is 14.1. The van der Waals surface area contributed by atoms with Crippen LogP contribution in [0, 0.1) is 18.6 Å². The predicted molar refractivity (Wildman–Crippen MR) is 122 cm³/mol. The third kappa shape index (κ3) is 6.87. The summed E-state index contributed by atoms with van der Waals surface area (Å²) in [4.78, 5) is 28.9. The molecule has 1 aromatic rings. The van der Waals surface area contributed by atoms with Crippen molar-refractivity contribution in [2.75, 3.05) is 46.3 Å². The fraction of sp³-hybridized carbons (Fsp3) is 0.524. The summed E-state index contributed by atoms with van der Waals surface area (Å²) in [5.41, 5.74) is 3.75. The number of likely N-dealkylation sites (N-methyl/N-ethyl adjacent to an activating group) is 1. The lowest BCUT2D eigenvalue weighted by atomic mass is 10.1. The fourth-order valence-electron chi connectivity index (χ4n) is 3.49. The number of aryl methyl sites for hydroxylation is 1. The number of halogens is 2. The molecule has 3 amide bonds. The molecule has 2 heterocycles. The number of hydrogen-bond acceptors (Lipinski definition) is 7. The third-order valence-electron chi connectivity index (χ3n) is 5.51. The van der Waals surface area contributed by atoms with Crippen LogP contribution in [0.15, 0.2) is 23.2 Å². The van der Waals surface area contributed by atoms with Gasteiger partial charge in [0.25, 0.3) is 5.91 Å². The van der Waals surface area contributed by atoms with E-state index in [1.54, 1.807) is 6.92 Å². The van der Waals surface area contributed by atoms with Crippen LogP contribution in [0.5, 0.6) is 0 Å². The Morgan fingerprint density at radius 3 is 2.55 bits per heavy atom. The highest BCUT2D eigenvalue weighted by Gasteiger charge is 2.41. The zero-order chi connectivity index (χ0) is 24.0. The molecule has 5 N–H and O–H groups in total. The highest BCUT2D eigenvalue weighted by molar-refractivity contribution is 8.01. The van der Waals surface area contributed by atoms with Crippen LogP contribution in [0.3, 0.4) is 0 Å². The average Bonchev–Trinajstić information content (AvgIpc) is 3.16. The number of primary amides is 1. The molecule has 0 bridgehead atoms. The van der Waals surface area contributed by atoms with Crippen molar-refractivity contribution in [3.8, 4) is 0 Å². The second-order valence-corrected chi connectivity index (χ2v) is 9.04. The fourth-order valence-corrected chi connectivity index (χ4v) is 4.33. The molecule has 1 unspecified atom stereocenters. The molecule has 0 spiro atoms. The monoisotopic (exact) mass is 484 g/mol. The highest BCUT2D eigenvalue weighted by atomic mass is 32.2. The van der Waals surface area contributed by atoms with Gasteiger partial charge in [-0.1, -0.05) is 0 Å². The molecule has 9 nitrogen and oxygen atoms in total. The molecular weight excluding hydrogens is 454 g/mol. The van der Waals surface area contributed by atoms with Crippen molar-refractivity contribution in [3.05, 3.63) is 46.0 Å². The minimum Gasteiger partial charge on any atom is -0.366 e. The van der Waals surface area contributed by atoms with Crippen LogP contribution in [0.1, 0.15) is 17.5 Å². The van der Waals surface area contributed by atoms with Gasteiger partial charge in [0.1, 0.15) is 11.6 Å². The number of urea groups is 1. The maximum atomic E-state index is 14.1. The molecule has 1 saturated heterocycles. The van der Waals surface area contributed by atoms with E-state index < -0.39 is 35.9 Å². The number of amides is 3. The van der Waals surface area contributed by atoms with Crippen molar-refractivity contribution in [1.29, 1.82) is 0 Å². The molecule has 0 aromatic heterocycles. The molecule has 12 heteroatoms. The minimum absolute atomic E-state index is 0.287. The first-order chi connectivity index (χ1) is 15.7. The SMILES string of the molecule is Cc1cc(F)c(COC2(C(N)=O)C=C(NC(=O)NCCCN3CCN(C)CC3)SN2)c(F)c1. The summed E-state index contributed by atoms with van der Waals surface area (Å²) in [6.45, 7) is 6.54. The van der Waals surface area contributed by atoms with Crippen LogP contribution >= 0.6 is 11.9 Å². The quantitative estimate of drug-likeness (QED) is 0.306. The molecule has 0 saturated carbocycles. The number of nitrogens with two attached hydrogens (primary N) is 1. The number of carbonyl (C=O) groups is 2. The first kappa shape index (κ1) is 25.4. The van der Waals surface area contributed by atoms with Gasteiger partial charge in [-0.2, -0.15) is 0 Å². The molecule has 1 atom stereocenters. The Morgan fingerprint density at radius 2 is 1.91 bits per heavy atom. The van der Waals surface area contributed by atoms with E-state index in [0.29, 0.717) is 12.1 Å². The van der Waals surface area contributed by atoms with Crippen LogP contribution in [0.2, 0.25) is 0 Å². The summed E-state index contributed by atoms with van der Waals surface area (Å²) in [5, 5.41) is 5.67. The van der Waals surface area contributed by atoms with Crippen LogP contribution in [-0.2, 0) is 16.1 Å². The van der Waals surface area contributed by atoms with E-state index in [4.69, 9.17) is 10.5 Å². The summed E-state index contributed by atoms with van der Waals surface area (Å²) in [5.74, 6) is -2.47. The van der Waals surface area contributed by atoms with Gasteiger partial charge in [0.05, 0.1) is 11.6 Å². The number of rotatable bonds is 9. The molecule has 33 heavy (non-hydrogen) atoms. The van der Waals surface area contributed by atoms with Crippen molar-refractivity contribution in [3.63, 3.8) is 0 Å². The Kier molecular flexibility index (Phi) is 8.65. The van der Waals surface area contributed by atoms with E-state index in [9.17, 15) is 18.4 Å². The summed E-state index contributed by atoms with van der Waals surface area (Å²) < 4.78 is 36.4. The molecule has 182 valence electrons. The van der Waals surface area contributed by atoms with Crippen LogP contribution in [-0.4, -0.2) is 73.8 Å². The lowest BCUT2D eigenvalue weighted by Gasteiger charge is -2.32. The zero-order valence-corrected chi connectivity index (χ0v) is 19.6. The summed E-state index contributed by atoms with van der Waals surface area (Å²) >= 11 is 0.927. The van der Waals surface area contributed by atoms with E-state index in [1.165, 1.54) is 18.2 Å². The predicted octanol–water partition coefficient (Wildman–Crippen LogP) is 1.00. The van der Waals surface area contributed by atoms with E-state index in [1.807, 2.05) is 0 Å². The summed E-state index contributed by atoms with van der Waals surface area (Å²) in [7, 11) is 2.10. The second-order valence-electron chi connectivity index (χ2n) is 8.19. The number of nitrogens with zero attached hydrogens (tertiary/aromatic N) is 2. The van der Waals surface area contributed by atoms with Crippen molar-refractivity contribution in [2.45, 2.75) is 25.7 Å². The molecule has 3 rings (SSSR count). The lowest BCUT2D eigenvalue weighted by molar-refractivity contribution is -0.140. The number of hydrogen-bond donors (Lipinski definition) is 4. The molecule has 2 aliphatic rings. The zero-order valence-electron chi connectivity index (χ0n) is 18.7. The second kappa shape index (κ2) is 11.3. The highest BCUT2D eigenvalue weighted by Crippen LogP contribution is 2.29. The van der Waals surface area contributed by atoms with E-state index in [2.05, 4.69) is 32.2 Å². The van der Waals surface area contributed by atoms with Crippen molar-refractivity contribution in [1.82, 2.24) is 25.2 Å². The Balaban J connectivity index is 1.49. The van der Waals surface area contributed by atoms with Crippen molar-refractivity contribution < 1.29 is 23.1 Å². The van der Waals surface area contributed by atoms with Crippen molar-refractivity contribution >= 4 is 23.9 Å². The van der Waals surface area contributed by atoms with Gasteiger partial charge in [-0.3, -0.25) is 4.79 Å².